The van der Waals surface area contributed by atoms with Crippen LogP contribution in [0.25, 0.3) is 88.0 Å². The molecule has 73 heavy (non-hydrogen) atoms. The highest BCUT2D eigenvalue weighted by Gasteiger charge is 2.52. The lowest BCUT2D eigenvalue weighted by molar-refractivity contribution is 0.586. The fourth-order valence-corrected chi connectivity index (χ4v) is 12.6. The van der Waals surface area contributed by atoms with E-state index < -0.39 is 5.41 Å². The Morgan fingerprint density at radius 3 is 1.56 bits per heavy atom. The molecule has 2 aliphatic carbocycles. The van der Waals surface area contributed by atoms with Gasteiger partial charge in [0.1, 0.15) is 5.58 Å². The van der Waals surface area contributed by atoms with Gasteiger partial charge >= 0.3 is 0 Å². The average molecular weight is 938 g/mol. The van der Waals surface area contributed by atoms with Crippen molar-refractivity contribution in [3.63, 3.8) is 0 Å². The lowest BCUT2D eigenvalue weighted by atomic mass is 9.68. The SMILES string of the molecule is CC(C)(C)c1ccc2c(c1)C1(c3ccccc3-c3ccc(N(c4ccc(-c5cccc6ccccc56)cc4)c4cc5ccccc5c5c4oc4c(-c6ccccc6)cccc45)cc31)c1cc(C(C)(C)C)ccc1-2. The summed E-state index contributed by atoms with van der Waals surface area (Å²) >= 11 is 0. The lowest BCUT2D eigenvalue weighted by Crippen LogP contribution is -2.27. The summed E-state index contributed by atoms with van der Waals surface area (Å²) in [6, 6.07) is 84.0. The van der Waals surface area contributed by atoms with E-state index in [0.29, 0.717) is 0 Å². The lowest BCUT2D eigenvalue weighted by Gasteiger charge is -2.34. The molecule has 350 valence electrons. The monoisotopic (exact) mass is 937 g/mol. The standard InChI is InChI=1S/C71H55NO/c1-69(2,3)48-32-37-57-58-38-33-49(70(4,5)6)42-63(58)71(62(57)41-48)61-29-15-14-25-56(61)59-39-36-51(43-64(59)71)72(50-34-30-46(31-35-50)53-26-16-22-44-20-10-12-23-52(44)53)65-40-47-21-11-13-24-54(47)66-60-28-17-27-55(67(60)73-68(65)66)45-18-8-7-9-19-45/h7-43H,1-6H3. The minimum atomic E-state index is -0.568. The molecule has 0 N–H and O–H groups in total. The maximum Gasteiger partial charge on any atom is 0.160 e. The third-order valence-electron chi connectivity index (χ3n) is 16.2. The molecule has 2 nitrogen and oxygen atoms in total. The second-order valence-corrected chi connectivity index (χ2v) is 22.4. The van der Waals surface area contributed by atoms with E-state index >= 15 is 0 Å². The molecule has 0 saturated carbocycles. The topological polar surface area (TPSA) is 16.4 Å². The molecular weight excluding hydrogens is 883 g/mol. The molecule has 0 radical (unpaired) electrons. The van der Waals surface area contributed by atoms with Crippen LogP contribution in [0.1, 0.15) is 74.9 Å². The van der Waals surface area contributed by atoms with Crippen molar-refractivity contribution in [3.05, 3.63) is 258 Å². The predicted octanol–water partition coefficient (Wildman–Crippen LogP) is 19.6. The summed E-state index contributed by atoms with van der Waals surface area (Å²) in [7, 11) is 0. The highest BCUT2D eigenvalue weighted by Crippen LogP contribution is 2.64. The molecule has 0 saturated heterocycles. The molecular formula is C71H55NO. The van der Waals surface area contributed by atoms with Crippen LogP contribution in [0.4, 0.5) is 17.1 Å². The Hall–Kier alpha value is -8.46. The van der Waals surface area contributed by atoms with Crippen LogP contribution in [0.15, 0.2) is 229 Å². The molecule has 0 amide bonds. The summed E-state index contributed by atoms with van der Waals surface area (Å²) in [6.07, 6.45) is 0. The molecule has 1 spiro atoms. The molecule has 11 aromatic carbocycles. The van der Waals surface area contributed by atoms with Crippen molar-refractivity contribution in [2.45, 2.75) is 57.8 Å². The van der Waals surface area contributed by atoms with Crippen molar-refractivity contribution >= 4 is 60.5 Å². The van der Waals surface area contributed by atoms with Crippen molar-refractivity contribution in [2.24, 2.45) is 0 Å². The summed E-state index contributed by atoms with van der Waals surface area (Å²) in [5.74, 6) is 0. The maximum absolute atomic E-state index is 7.42. The molecule has 0 aliphatic heterocycles. The minimum absolute atomic E-state index is 0.0478. The average Bonchev–Trinajstić information content (AvgIpc) is 4.05. The third kappa shape index (κ3) is 6.42. The highest BCUT2D eigenvalue weighted by atomic mass is 16.3. The first-order chi connectivity index (χ1) is 35.5. The fourth-order valence-electron chi connectivity index (χ4n) is 12.6. The van der Waals surface area contributed by atoms with Gasteiger partial charge in [-0.25, -0.2) is 0 Å². The number of fused-ring (bicyclic) bond motifs is 16. The van der Waals surface area contributed by atoms with Crippen LogP contribution in [0.3, 0.4) is 0 Å². The second kappa shape index (κ2) is 15.8. The Labute approximate surface area is 427 Å². The molecule has 2 heteroatoms. The van der Waals surface area contributed by atoms with E-state index in [1.54, 1.807) is 0 Å². The van der Waals surface area contributed by atoms with E-state index in [9.17, 15) is 0 Å². The number of hydrogen-bond acceptors (Lipinski definition) is 2. The first kappa shape index (κ1) is 43.3. The zero-order valence-corrected chi connectivity index (χ0v) is 42.2. The van der Waals surface area contributed by atoms with E-state index in [1.165, 1.54) is 82.9 Å². The number of hydrogen-bond donors (Lipinski definition) is 0. The Balaban J connectivity index is 1.07. The maximum atomic E-state index is 7.42. The minimum Gasteiger partial charge on any atom is -0.453 e. The van der Waals surface area contributed by atoms with Gasteiger partial charge in [-0.1, -0.05) is 236 Å². The van der Waals surface area contributed by atoms with Gasteiger partial charge in [-0.15, -0.1) is 0 Å². The van der Waals surface area contributed by atoms with Gasteiger partial charge in [0.15, 0.2) is 5.58 Å². The van der Waals surface area contributed by atoms with E-state index in [2.05, 4.69) is 271 Å². The van der Waals surface area contributed by atoms with E-state index in [0.717, 1.165) is 55.5 Å². The number of furan rings is 1. The first-order valence-electron chi connectivity index (χ1n) is 25.8. The highest BCUT2D eigenvalue weighted by molar-refractivity contribution is 6.24. The van der Waals surface area contributed by atoms with Gasteiger partial charge in [-0.05, 0) is 135 Å². The second-order valence-electron chi connectivity index (χ2n) is 22.4. The van der Waals surface area contributed by atoms with Crippen molar-refractivity contribution in [3.8, 4) is 44.5 Å². The summed E-state index contributed by atoms with van der Waals surface area (Å²) < 4.78 is 7.42. The molecule has 2 aliphatic rings. The van der Waals surface area contributed by atoms with Gasteiger partial charge < -0.3 is 9.32 Å². The molecule has 12 aromatic rings. The Bertz CT molecular complexity index is 4150. The summed E-state index contributed by atoms with van der Waals surface area (Å²) in [4.78, 5) is 2.47. The van der Waals surface area contributed by atoms with Crippen LogP contribution >= 0.6 is 0 Å². The fraction of sp³-hybridized carbons (Fsp3) is 0.127. The quantitative estimate of drug-likeness (QED) is 0.171. The van der Waals surface area contributed by atoms with Crippen LogP contribution in [-0.2, 0) is 16.2 Å². The first-order valence-corrected chi connectivity index (χ1v) is 25.8. The van der Waals surface area contributed by atoms with Crippen LogP contribution in [-0.4, -0.2) is 0 Å². The van der Waals surface area contributed by atoms with Gasteiger partial charge in [-0.3, -0.25) is 0 Å². The predicted molar refractivity (Wildman–Crippen MR) is 308 cm³/mol. The molecule has 0 unspecified atom stereocenters. The molecule has 0 atom stereocenters. The Morgan fingerprint density at radius 1 is 0.342 bits per heavy atom. The molecule has 0 bridgehead atoms. The summed E-state index contributed by atoms with van der Waals surface area (Å²) in [5.41, 5.74) is 22.0. The zero-order chi connectivity index (χ0) is 49.4. The van der Waals surface area contributed by atoms with Crippen LogP contribution < -0.4 is 4.90 Å². The van der Waals surface area contributed by atoms with Crippen molar-refractivity contribution in [1.82, 2.24) is 0 Å². The van der Waals surface area contributed by atoms with Crippen molar-refractivity contribution < 1.29 is 4.42 Å². The van der Waals surface area contributed by atoms with Crippen LogP contribution in [0.2, 0.25) is 0 Å². The van der Waals surface area contributed by atoms with Gasteiger partial charge in [0.05, 0.1) is 11.1 Å². The van der Waals surface area contributed by atoms with Gasteiger partial charge in [0, 0.05) is 27.7 Å². The van der Waals surface area contributed by atoms with Gasteiger partial charge in [0.25, 0.3) is 0 Å². The number of anilines is 3. The molecule has 14 rings (SSSR count). The van der Waals surface area contributed by atoms with Crippen LogP contribution in [0.5, 0.6) is 0 Å². The normalized spacial score (nSPS) is 13.5. The van der Waals surface area contributed by atoms with E-state index in [4.69, 9.17) is 4.42 Å². The van der Waals surface area contributed by atoms with Gasteiger partial charge in [0.2, 0.25) is 0 Å². The smallest absolute Gasteiger partial charge is 0.160 e. The number of benzene rings is 11. The zero-order valence-electron chi connectivity index (χ0n) is 42.2. The number of para-hydroxylation sites is 1. The largest absolute Gasteiger partial charge is 0.453 e. The van der Waals surface area contributed by atoms with Crippen molar-refractivity contribution in [1.29, 1.82) is 0 Å². The van der Waals surface area contributed by atoms with Crippen LogP contribution in [0, 0.1) is 0 Å². The molecule has 1 heterocycles. The van der Waals surface area contributed by atoms with E-state index in [1.807, 2.05) is 0 Å². The summed E-state index contributed by atoms with van der Waals surface area (Å²) in [6.45, 7) is 14.0. The van der Waals surface area contributed by atoms with E-state index in [-0.39, 0.29) is 10.8 Å². The Morgan fingerprint density at radius 2 is 0.849 bits per heavy atom. The summed E-state index contributed by atoms with van der Waals surface area (Å²) in [5, 5.41) is 7.02. The van der Waals surface area contributed by atoms with Gasteiger partial charge in [-0.2, -0.15) is 0 Å². The molecule has 1 aromatic heterocycles. The number of nitrogens with zero attached hydrogens (tertiary/aromatic N) is 1. The Kier molecular flexibility index (Phi) is 9.36. The molecule has 0 fully saturated rings. The number of rotatable bonds is 5. The van der Waals surface area contributed by atoms with Crippen molar-refractivity contribution in [2.75, 3.05) is 4.90 Å². The third-order valence-corrected chi connectivity index (χ3v) is 16.2.